The van der Waals surface area contributed by atoms with Crippen LogP contribution in [0, 0.1) is 0 Å². The van der Waals surface area contributed by atoms with Crippen LogP contribution >= 0.6 is 35.0 Å². The van der Waals surface area contributed by atoms with Crippen LogP contribution in [0.5, 0.6) is 0 Å². The number of amides is 1. The van der Waals surface area contributed by atoms with Gasteiger partial charge in [0.15, 0.2) is 5.16 Å². The van der Waals surface area contributed by atoms with Crippen molar-refractivity contribution in [3.05, 3.63) is 104 Å². The Balaban J connectivity index is 1.69. The zero-order valence-corrected chi connectivity index (χ0v) is 21.0. The van der Waals surface area contributed by atoms with Crippen molar-refractivity contribution in [3.63, 3.8) is 0 Å². The Kier molecular flexibility index (Phi) is 7.61. The van der Waals surface area contributed by atoms with Crippen LogP contribution < -0.4 is 10.9 Å². The molecule has 1 heterocycles. The highest BCUT2D eigenvalue weighted by Gasteiger charge is 2.14. The van der Waals surface area contributed by atoms with Crippen LogP contribution in [0.25, 0.3) is 10.9 Å². The van der Waals surface area contributed by atoms with Gasteiger partial charge in [-0.25, -0.2) is 4.98 Å². The number of halogens is 2. The molecule has 0 radical (unpaired) electrons. The van der Waals surface area contributed by atoms with Crippen LogP contribution in [0.15, 0.2) is 76.7 Å². The summed E-state index contributed by atoms with van der Waals surface area (Å²) < 4.78 is 1.64. The van der Waals surface area contributed by atoms with Gasteiger partial charge in [-0.15, -0.1) is 0 Å². The van der Waals surface area contributed by atoms with E-state index in [1.165, 1.54) is 11.8 Å². The number of fused-ring (bicyclic) bond motifs is 1. The highest BCUT2D eigenvalue weighted by Crippen LogP contribution is 2.27. The molecule has 4 rings (SSSR count). The van der Waals surface area contributed by atoms with Crippen LogP contribution in [-0.4, -0.2) is 21.5 Å². The number of carbonyl (C=O) groups excluding carboxylic acids is 1. The Morgan fingerprint density at radius 2 is 1.79 bits per heavy atom. The predicted octanol–water partition coefficient (Wildman–Crippen LogP) is 6.18. The Bertz CT molecular complexity index is 1400. The summed E-state index contributed by atoms with van der Waals surface area (Å²) in [5.74, 6) is 0.441. The molecule has 0 aliphatic rings. The van der Waals surface area contributed by atoms with Crippen LogP contribution in [0.3, 0.4) is 0 Å². The van der Waals surface area contributed by atoms with Gasteiger partial charge in [-0.3, -0.25) is 14.2 Å². The number of rotatable bonds is 7. The van der Waals surface area contributed by atoms with Crippen molar-refractivity contribution in [2.45, 2.75) is 37.3 Å². The Hall–Kier alpha value is -2.80. The van der Waals surface area contributed by atoms with Gasteiger partial charge in [0.05, 0.1) is 17.4 Å². The molecular weight excluding hydrogens is 489 g/mol. The molecule has 0 bridgehead atoms. The minimum atomic E-state index is -0.171. The molecule has 0 fully saturated rings. The molecule has 0 unspecified atom stereocenters. The van der Waals surface area contributed by atoms with Crippen LogP contribution in [0.1, 0.15) is 35.3 Å². The van der Waals surface area contributed by atoms with Gasteiger partial charge in [-0.1, -0.05) is 65.3 Å². The number of nitrogens with one attached hydrogen (secondary N) is 1. The maximum absolute atomic E-state index is 13.4. The third-order valence-corrected chi connectivity index (χ3v) is 6.80. The second kappa shape index (κ2) is 10.6. The van der Waals surface area contributed by atoms with Gasteiger partial charge < -0.3 is 5.32 Å². The highest BCUT2D eigenvalue weighted by molar-refractivity contribution is 7.98. The standard InChI is InChI=1S/C26H23Cl2N3O2S/c1-16(2)29-24(32)18-9-7-17(8-10-18)14-31-25(33)21-13-20(27)11-12-23(21)30-26(31)34-15-19-5-3-4-6-22(19)28/h3-13,16H,14-15H2,1-2H3,(H,29,32). The minimum absolute atomic E-state index is 0.0546. The third-order valence-electron chi connectivity index (χ3n) is 5.17. The molecule has 34 heavy (non-hydrogen) atoms. The van der Waals surface area contributed by atoms with E-state index in [1.54, 1.807) is 34.9 Å². The first-order chi connectivity index (χ1) is 16.3. The molecule has 5 nitrogen and oxygen atoms in total. The molecule has 0 atom stereocenters. The fourth-order valence-corrected chi connectivity index (χ4v) is 4.93. The molecule has 0 aliphatic carbocycles. The van der Waals surface area contributed by atoms with E-state index in [9.17, 15) is 9.59 Å². The second-order valence-electron chi connectivity index (χ2n) is 8.15. The number of hydrogen-bond acceptors (Lipinski definition) is 4. The molecule has 0 saturated heterocycles. The normalized spacial score (nSPS) is 11.2. The molecular formula is C26H23Cl2N3O2S. The molecule has 4 aromatic rings. The third kappa shape index (κ3) is 5.63. The maximum atomic E-state index is 13.4. The lowest BCUT2D eigenvalue weighted by atomic mass is 10.1. The fourth-order valence-electron chi connectivity index (χ4n) is 3.47. The van der Waals surface area contributed by atoms with Crippen molar-refractivity contribution in [1.29, 1.82) is 0 Å². The fraction of sp³-hybridized carbons (Fsp3) is 0.192. The minimum Gasteiger partial charge on any atom is -0.350 e. The zero-order valence-electron chi connectivity index (χ0n) is 18.7. The van der Waals surface area contributed by atoms with Crippen molar-refractivity contribution in [2.24, 2.45) is 0 Å². The van der Waals surface area contributed by atoms with E-state index in [-0.39, 0.29) is 17.5 Å². The topological polar surface area (TPSA) is 64.0 Å². The van der Waals surface area contributed by atoms with E-state index in [0.717, 1.165) is 11.1 Å². The molecule has 0 saturated carbocycles. The van der Waals surface area contributed by atoms with Crippen LogP contribution in [0.4, 0.5) is 0 Å². The first-order valence-corrected chi connectivity index (χ1v) is 12.5. The van der Waals surface area contributed by atoms with Crippen molar-refractivity contribution < 1.29 is 4.79 Å². The summed E-state index contributed by atoms with van der Waals surface area (Å²) in [5.41, 5.74) is 2.84. The van der Waals surface area contributed by atoms with Gasteiger partial charge in [0.2, 0.25) is 0 Å². The molecule has 8 heteroatoms. The molecule has 1 amide bonds. The smallest absolute Gasteiger partial charge is 0.262 e. The van der Waals surface area contributed by atoms with Crippen molar-refractivity contribution in [3.8, 4) is 0 Å². The zero-order chi connectivity index (χ0) is 24.2. The largest absolute Gasteiger partial charge is 0.350 e. The summed E-state index contributed by atoms with van der Waals surface area (Å²) in [6.45, 7) is 4.14. The average molecular weight is 512 g/mol. The molecule has 1 N–H and O–H groups in total. The van der Waals surface area contributed by atoms with E-state index >= 15 is 0 Å². The molecule has 1 aromatic heterocycles. The number of aromatic nitrogens is 2. The van der Waals surface area contributed by atoms with Gasteiger partial charge in [0.1, 0.15) is 0 Å². The lowest BCUT2D eigenvalue weighted by Gasteiger charge is -2.14. The Morgan fingerprint density at radius 1 is 1.06 bits per heavy atom. The maximum Gasteiger partial charge on any atom is 0.262 e. The summed E-state index contributed by atoms with van der Waals surface area (Å²) in [7, 11) is 0. The van der Waals surface area contributed by atoms with Crippen LogP contribution in [-0.2, 0) is 12.3 Å². The summed E-state index contributed by atoms with van der Waals surface area (Å²) in [6, 6.07) is 20.0. The molecule has 0 aliphatic heterocycles. The van der Waals surface area contributed by atoms with Gasteiger partial charge in [-0.2, -0.15) is 0 Å². The lowest BCUT2D eigenvalue weighted by molar-refractivity contribution is 0.0943. The van der Waals surface area contributed by atoms with Crippen molar-refractivity contribution >= 4 is 51.8 Å². The number of carbonyl (C=O) groups is 1. The summed E-state index contributed by atoms with van der Waals surface area (Å²) in [4.78, 5) is 30.5. The number of thioether (sulfide) groups is 1. The first-order valence-electron chi connectivity index (χ1n) is 10.8. The monoisotopic (exact) mass is 511 g/mol. The quantitative estimate of drug-likeness (QED) is 0.237. The van der Waals surface area contributed by atoms with E-state index in [4.69, 9.17) is 28.2 Å². The molecule has 3 aromatic carbocycles. The number of nitrogens with zero attached hydrogens (tertiary/aromatic N) is 2. The van der Waals surface area contributed by atoms with E-state index in [0.29, 0.717) is 44.0 Å². The van der Waals surface area contributed by atoms with Gasteiger partial charge >= 0.3 is 0 Å². The first kappa shape index (κ1) is 24.3. The number of benzene rings is 3. The Morgan fingerprint density at radius 3 is 2.50 bits per heavy atom. The second-order valence-corrected chi connectivity index (χ2v) is 9.94. The Labute approximate surface area is 212 Å². The highest BCUT2D eigenvalue weighted by atomic mass is 35.5. The van der Waals surface area contributed by atoms with Gasteiger partial charge in [0.25, 0.3) is 11.5 Å². The van der Waals surface area contributed by atoms with E-state index in [1.807, 2.05) is 50.2 Å². The van der Waals surface area contributed by atoms with Gasteiger partial charge in [0, 0.05) is 27.4 Å². The average Bonchev–Trinajstić information content (AvgIpc) is 2.81. The van der Waals surface area contributed by atoms with Crippen molar-refractivity contribution in [1.82, 2.24) is 14.9 Å². The van der Waals surface area contributed by atoms with Crippen LogP contribution in [0.2, 0.25) is 10.0 Å². The van der Waals surface area contributed by atoms with Crippen molar-refractivity contribution in [2.75, 3.05) is 0 Å². The predicted molar refractivity (Wildman–Crippen MR) is 140 cm³/mol. The SMILES string of the molecule is CC(C)NC(=O)c1ccc(Cn2c(SCc3ccccc3Cl)nc3ccc(Cl)cc3c2=O)cc1. The lowest BCUT2D eigenvalue weighted by Crippen LogP contribution is -2.30. The summed E-state index contributed by atoms with van der Waals surface area (Å²) >= 11 is 13.9. The van der Waals surface area contributed by atoms with Gasteiger partial charge in [-0.05, 0) is 61.4 Å². The van der Waals surface area contributed by atoms with E-state index in [2.05, 4.69) is 5.32 Å². The summed E-state index contributed by atoms with van der Waals surface area (Å²) in [6.07, 6.45) is 0. The molecule has 0 spiro atoms. The molecule has 174 valence electrons. The summed E-state index contributed by atoms with van der Waals surface area (Å²) in [5, 5.41) is 5.08. The number of hydrogen-bond donors (Lipinski definition) is 1. The van der Waals surface area contributed by atoms with E-state index < -0.39 is 0 Å².